The Morgan fingerprint density at radius 2 is 1.89 bits per heavy atom. The molecule has 1 aromatic rings. The van der Waals surface area contributed by atoms with E-state index in [2.05, 4.69) is 15.9 Å². The lowest BCUT2D eigenvalue weighted by Crippen LogP contribution is -2.47. The second-order valence-electron chi connectivity index (χ2n) is 4.99. The van der Waals surface area contributed by atoms with Gasteiger partial charge in [0, 0.05) is 11.0 Å². The normalized spacial score (nSPS) is 24.3. The van der Waals surface area contributed by atoms with Gasteiger partial charge in [-0.25, -0.2) is 8.42 Å². The fraction of sp³-hybridized carbons (Fsp3) is 0.500. The van der Waals surface area contributed by atoms with Gasteiger partial charge in [-0.15, -0.1) is 0 Å². The van der Waals surface area contributed by atoms with Crippen molar-refractivity contribution in [2.75, 3.05) is 6.54 Å². The maximum absolute atomic E-state index is 12.5. The van der Waals surface area contributed by atoms with Gasteiger partial charge in [0.1, 0.15) is 0 Å². The second kappa shape index (κ2) is 4.59. The number of benzene rings is 1. The lowest BCUT2D eigenvalue weighted by Gasteiger charge is -2.32. The minimum absolute atomic E-state index is 0.257. The van der Waals surface area contributed by atoms with Crippen LogP contribution in [0.15, 0.2) is 33.6 Å². The van der Waals surface area contributed by atoms with Gasteiger partial charge in [0.15, 0.2) is 0 Å². The summed E-state index contributed by atoms with van der Waals surface area (Å²) in [5.74, 6) is 0. The van der Waals surface area contributed by atoms with Crippen LogP contribution in [0.1, 0.15) is 20.3 Å². The summed E-state index contributed by atoms with van der Waals surface area (Å²) in [6.07, 6.45) is -0.148. The van der Waals surface area contributed by atoms with Crippen LogP contribution < -0.4 is 0 Å². The average Bonchev–Trinajstić information content (AvgIpc) is 2.55. The predicted octanol–water partition coefficient (Wildman–Crippen LogP) is 1.98. The molecule has 1 aliphatic heterocycles. The Hall–Kier alpha value is -0.430. The Morgan fingerprint density at radius 1 is 1.33 bits per heavy atom. The van der Waals surface area contributed by atoms with Gasteiger partial charge in [-0.3, -0.25) is 0 Å². The largest absolute Gasteiger partial charge is 0.391 e. The quantitative estimate of drug-likeness (QED) is 0.900. The summed E-state index contributed by atoms with van der Waals surface area (Å²) in [7, 11) is -3.54. The molecule has 2 rings (SSSR count). The van der Waals surface area contributed by atoms with Crippen LogP contribution in [0.25, 0.3) is 0 Å². The van der Waals surface area contributed by atoms with Gasteiger partial charge in [-0.05, 0) is 44.5 Å². The van der Waals surface area contributed by atoms with Gasteiger partial charge in [0.2, 0.25) is 10.0 Å². The van der Waals surface area contributed by atoms with E-state index in [0.717, 1.165) is 4.47 Å². The van der Waals surface area contributed by atoms with Gasteiger partial charge in [-0.1, -0.05) is 15.9 Å². The van der Waals surface area contributed by atoms with Gasteiger partial charge in [0.05, 0.1) is 16.5 Å². The molecule has 1 unspecified atom stereocenters. The van der Waals surface area contributed by atoms with Crippen LogP contribution in [0.3, 0.4) is 0 Å². The predicted molar refractivity (Wildman–Crippen MR) is 72.7 cm³/mol. The van der Waals surface area contributed by atoms with Crippen molar-refractivity contribution in [2.45, 2.75) is 36.8 Å². The van der Waals surface area contributed by atoms with Crippen LogP contribution >= 0.6 is 15.9 Å². The molecule has 1 aromatic carbocycles. The Morgan fingerprint density at radius 3 is 2.33 bits per heavy atom. The number of halogens is 1. The molecule has 1 fully saturated rings. The van der Waals surface area contributed by atoms with Crippen LogP contribution in [0, 0.1) is 0 Å². The third-order valence-electron chi connectivity index (χ3n) is 3.47. The first-order chi connectivity index (χ1) is 8.26. The first kappa shape index (κ1) is 14.0. The van der Waals surface area contributed by atoms with Crippen LogP contribution in [-0.4, -0.2) is 36.0 Å². The van der Waals surface area contributed by atoms with E-state index < -0.39 is 21.7 Å². The van der Waals surface area contributed by atoms with Crippen molar-refractivity contribution >= 4 is 26.0 Å². The number of sulfonamides is 1. The molecule has 18 heavy (non-hydrogen) atoms. The number of nitrogens with zero attached hydrogens (tertiary/aromatic N) is 1. The molecule has 6 heteroatoms. The molecular weight excluding hydrogens is 318 g/mol. The van der Waals surface area contributed by atoms with Crippen molar-refractivity contribution < 1.29 is 13.5 Å². The maximum atomic E-state index is 12.5. The summed E-state index contributed by atoms with van der Waals surface area (Å²) in [5, 5.41) is 9.87. The van der Waals surface area contributed by atoms with Gasteiger partial charge >= 0.3 is 0 Å². The number of aliphatic hydroxyl groups excluding tert-OH is 1. The monoisotopic (exact) mass is 333 g/mol. The maximum Gasteiger partial charge on any atom is 0.243 e. The van der Waals surface area contributed by atoms with Crippen molar-refractivity contribution in [3.8, 4) is 0 Å². The van der Waals surface area contributed by atoms with E-state index in [0.29, 0.717) is 13.0 Å². The zero-order valence-corrected chi connectivity index (χ0v) is 12.7. The van der Waals surface area contributed by atoms with Crippen molar-refractivity contribution in [1.82, 2.24) is 4.31 Å². The molecule has 0 aromatic heterocycles. The van der Waals surface area contributed by atoms with Crippen LogP contribution in [0.5, 0.6) is 0 Å². The number of hydrogen-bond donors (Lipinski definition) is 1. The summed E-state index contributed by atoms with van der Waals surface area (Å²) in [4.78, 5) is 0.257. The zero-order valence-electron chi connectivity index (χ0n) is 10.3. The molecule has 1 saturated heterocycles. The molecule has 1 atom stereocenters. The summed E-state index contributed by atoms with van der Waals surface area (Å²) in [6.45, 7) is 3.86. The van der Waals surface area contributed by atoms with E-state index in [4.69, 9.17) is 0 Å². The van der Waals surface area contributed by atoms with Gasteiger partial charge in [0.25, 0.3) is 0 Å². The van der Waals surface area contributed by atoms with E-state index >= 15 is 0 Å². The summed E-state index contributed by atoms with van der Waals surface area (Å²) in [5.41, 5.74) is -0.758. The van der Waals surface area contributed by atoms with E-state index in [-0.39, 0.29) is 4.90 Å². The third-order valence-corrected chi connectivity index (χ3v) is 6.10. The summed E-state index contributed by atoms with van der Waals surface area (Å²) >= 11 is 3.28. The zero-order chi connectivity index (χ0) is 13.6. The molecule has 0 radical (unpaired) electrons. The molecule has 0 spiro atoms. The fourth-order valence-corrected chi connectivity index (χ4v) is 4.30. The second-order valence-corrected chi connectivity index (χ2v) is 7.77. The van der Waals surface area contributed by atoms with Crippen LogP contribution in [-0.2, 0) is 10.0 Å². The smallest absolute Gasteiger partial charge is 0.243 e. The molecule has 4 nitrogen and oxygen atoms in total. The SMILES string of the molecule is CC1(C)C(O)CCN1S(=O)(=O)c1ccc(Br)cc1. The number of aliphatic hydroxyl groups is 1. The first-order valence-corrected chi connectivity index (χ1v) is 7.96. The lowest BCUT2D eigenvalue weighted by molar-refractivity contribution is 0.0901. The minimum Gasteiger partial charge on any atom is -0.391 e. The van der Waals surface area contributed by atoms with Crippen molar-refractivity contribution in [2.24, 2.45) is 0 Å². The molecule has 1 aliphatic rings. The van der Waals surface area contributed by atoms with E-state index in [1.807, 2.05) is 0 Å². The van der Waals surface area contributed by atoms with E-state index in [1.165, 1.54) is 4.31 Å². The van der Waals surface area contributed by atoms with Gasteiger partial charge in [-0.2, -0.15) is 4.31 Å². The first-order valence-electron chi connectivity index (χ1n) is 5.73. The molecule has 0 aliphatic carbocycles. The van der Waals surface area contributed by atoms with Crippen molar-refractivity contribution in [3.05, 3.63) is 28.7 Å². The van der Waals surface area contributed by atoms with E-state index in [1.54, 1.807) is 38.1 Å². The van der Waals surface area contributed by atoms with Crippen LogP contribution in [0.2, 0.25) is 0 Å². The topological polar surface area (TPSA) is 57.6 Å². The highest BCUT2D eigenvalue weighted by Gasteiger charge is 2.46. The Balaban J connectivity index is 2.41. The van der Waals surface area contributed by atoms with Crippen molar-refractivity contribution in [3.63, 3.8) is 0 Å². The summed E-state index contributed by atoms with van der Waals surface area (Å²) in [6, 6.07) is 6.54. The minimum atomic E-state index is -3.54. The molecule has 0 amide bonds. The number of rotatable bonds is 2. The lowest BCUT2D eigenvalue weighted by atomic mass is 10.0. The van der Waals surface area contributed by atoms with Crippen LogP contribution in [0.4, 0.5) is 0 Å². The van der Waals surface area contributed by atoms with E-state index in [9.17, 15) is 13.5 Å². The standard InChI is InChI=1S/C12H16BrNO3S/c1-12(2)11(15)7-8-14(12)18(16,17)10-5-3-9(13)4-6-10/h3-6,11,15H,7-8H2,1-2H3. The average molecular weight is 334 g/mol. The van der Waals surface area contributed by atoms with Crippen molar-refractivity contribution in [1.29, 1.82) is 0 Å². The molecule has 0 bridgehead atoms. The molecule has 1 heterocycles. The molecule has 0 saturated carbocycles. The Kier molecular flexibility index (Phi) is 3.57. The number of hydrogen-bond acceptors (Lipinski definition) is 3. The Bertz CT molecular complexity index is 539. The Labute approximate surface area is 116 Å². The van der Waals surface area contributed by atoms with Gasteiger partial charge < -0.3 is 5.11 Å². The highest BCUT2D eigenvalue weighted by Crippen LogP contribution is 2.34. The molecule has 100 valence electrons. The summed E-state index contributed by atoms with van der Waals surface area (Å²) < 4.78 is 27.2. The fourth-order valence-electron chi connectivity index (χ4n) is 2.21. The third kappa shape index (κ3) is 2.22. The highest BCUT2D eigenvalue weighted by atomic mass is 79.9. The molecule has 1 N–H and O–H groups in total. The highest BCUT2D eigenvalue weighted by molar-refractivity contribution is 9.10. The molecular formula is C12H16BrNO3S.